The smallest absolute Gasteiger partial charge is 0.332 e. The summed E-state index contributed by atoms with van der Waals surface area (Å²) in [6.45, 7) is 1.68. The molecule has 18 heavy (non-hydrogen) atoms. The summed E-state index contributed by atoms with van der Waals surface area (Å²) in [4.78, 5) is 10.6. The molecule has 2 aromatic rings. The number of rotatable bonds is 5. The van der Waals surface area contributed by atoms with Crippen molar-refractivity contribution in [2.45, 2.75) is 19.6 Å². The van der Waals surface area contributed by atoms with Gasteiger partial charge in [-0.3, -0.25) is 0 Å². The minimum atomic E-state index is -0.975. The van der Waals surface area contributed by atoms with Crippen LogP contribution >= 0.6 is 0 Å². The average Bonchev–Trinajstić information content (AvgIpc) is 2.85. The van der Waals surface area contributed by atoms with E-state index < -0.39 is 12.1 Å². The van der Waals surface area contributed by atoms with Gasteiger partial charge in [0.05, 0.1) is 18.0 Å². The molecule has 0 amide bonds. The third-order valence-corrected chi connectivity index (χ3v) is 2.49. The zero-order valence-corrected chi connectivity index (χ0v) is 9.98. The predicted molar refractivity (Wildman–Crippen MR) is 65.5 cm³/mol. The van der Waals surface area contributed by atoms with Crippen molar-refractivity contribution in [2.24, 2.45) is 0 Å². The number of hydrogen-bond donors (Lipinski definition) is 1. The molecule has 0 fully saturated rings. The molecule has 0 saturated carbocycles. The maximum absolute atomic E-state index is 10.6. The van der Waals surface area contributed by atoms with Crippen LogP contribution in [0.15, 0.2) is 42.6 Å². The first-order valence-corrected chi connectivity index (χ1v) is 5.61. The Morgan fingerprint density at radius 1 is 1.39 bits per heavy atom. The molecule has 5 heteroatoms. The molecule has 0 unspecified atom stereocenters. The van der Waals surface area contributed by atoms with Gasteiger partial charge in [0.1, 0.15) is 0 Å². The van der Waals surface area contributed by atoms with Crippen LogP contribution in [0.5, 0.6) is 0 Å². The summed E-state index contributed by atoms with van der Waals surface area (Å²) in [5.41, 5.74) is 1.65. The Kier molecular flexibility index (Phi) is 3.74. The number of benzene rings is 1. The first kappa shape index (κ1) is 12.3. The summed E-state index contributed by atoms with van der Waals surface area (Å²) in [5, 5.41) is 13.0. The highest BCUT2D eigenvalue weighted by Gasteiger charge is 2.11. The molecule has 1 aromatic heterocycles. The topological polar surface area (TPSA) is 64.4 Å². The average molecular weight is 246 g/mol. The summed E-state index contributed by atoms with van der Waals surface area (Å²) in [6, 6.07) is 11.5. The molecule has 0 bridgehead atoms. The fourth-order valence-corrected chi connectivity index (χ4v) is 1.44. The van der Waals surface area contributed by atoms with Crippen molar-refractivity contribution in [1.82, 2.24) is 9.78 Å². The molecule has 1 atom stereocenters. The predicted octanol–water partition coefficient (Wildman–Crippen LogP) is 1.86. The van der Waals surface area contributed by atoms with Gasteiger partial charge in [0, 0.05) is 6.20 Å². The van der Waals surface area contributed by atoms with E-state index in [1.807, 2.05) is 42.6 Å². The number of ether oxygens (including phenoxy) is 1. The van der Waals surface area contributed by atoms with Gasteiger partial charge in [0.2, 0.25) is 0 Å². The first-order chi connectivity index (χ1) is 8.66. The minimum absolute atomic E-state index is 0.188. The molecule has 0 radical (unpaired) electrons. The van der Waals surface area contributed by atoms with Crippen LogP contribution < -0.4 is 0 Å². The second-order valence-electron chi connectivity index (χ2n) is 3.88. The summed E-state index contributed by atoms with van der Waals surface area (Å²) < 4.78 is 6.89. The molecule has 2 rings (SSSR count). The highest BCUT2D eigenvalue weighted by molar-refractivity contribution is 5.71. The highest BCUT2D eigenvalue weighted by atomic mass is 16.5. The largest absolute Gasteiger partial charge is 0.479 e. The van der Waals surface area contributed by atoms with Gasteiger partial charge < -0.3 is 9.84 Å². The van der Waals surface area contributed by atoms with Crippen LogP contribution in [0.25, 0.3) is 5.69 Å². The van der Waals surface area contributed by atoms with E-state index in [1.54, 1.807) is 4.68 Å². The SMILES string of the molecule is C[C@@H](OCc1ccn(-c2ccccc2)n1)C(=O)O. The Morgan fingerprint density at radius 3 is 2.78 bits per heavy atom. The van der Waals surface area contributed by atoms with Crippen LogP contribution in [-0.2, 0) is 16.1 Å². The Bertz CT molecular complexity index is 522. The number of hydrogen-bond acceptors (Lipinski definition) is 3. The monoisotopic (exact) mass is 246 g/mol. The van der Waals surface area contributed by atoms with Crippen LogP contribution in [0.1, 0.15) is 12.6 Å². The molecule has 1 heterocycles. The fourth-order valence-electron chi connectivity index (χ4n) is 1.44. The molecule has 94 valence electrons. The maximum Gasteiger partial charge on any atom is 0.332 e. The van der Waals surface area contributed by atoms with Crippen molar-refractivity contribution < 1.29 is 14.6 Å². The lowest BCUT2D eigenvalue weighted by atomic mass is 10.3. The Morgan fingerprint density at radius 2 is 2.11 bits per heavy atom. The van der Waals surface area contributed by atoms with Gasteiger partial charge in [-0.05, 0) is 25.1 Å². The van der Waals surface area contributed by atoms with Crippen molar-refractivity contribution >= 4 is 5.97 Å². The van der Waals surface area contributed by atoms with Crippen molar-refractivity contribution in [3.63, 3.8) is 0 Å². The number of carboxylic acids is 1. The Balaban J connectivity index is 2.01. The molecule has 0 aliphatic heterocycles. The quantitative estimate of drug-likeness (QED) is 0.874. The molecule has 0 aliphatic carbocycles. The number of nitrogens with zero attached hydrogens (tertiary/aromatic N) is 2. The zero-order valence-electron chi connectivity index (χ0n) is 9.98. The van der Waals surface area contributed by atoms with Crippen molar-refractivity contribution in [3.8, 4) is 5.69 Å². The van der Waals surface area contributed by atoms with Crippen LogP contribution in [0.4, 0.5) is 0 Å². The van der Waals surface area contributed by atoms with Gasteiger partial charge in [-0.2, -0.15) is 5.10 Å². The lowest BCUT2D eigenvalue weighted by Crippen LogP contribution is -2.19. The van der Waals surface area contributed by atoms with E-state index >= 15 is 0 Å². The summed E-state index contributed by atoms with van der Waals surface area (Å²) in [5.74, 6) is -0.975. The molecule has 0 spiro atoms. The standard InChI is InChI=1S/C13H14N2O3/c1-10(13(16)17)18-9-11-7-8-15(14-11)12-5-3-2-4-6-12/h2-8,10H,9H2,1H3,(H,16,17)/t10-/m1/s1. The van der Waals surface area contributed by atoms with Gasteiger partial charge in [-0.15, -0.1) is 0 Å². The van der Waals surface area contributed by atoms with Gasteiger partial charge in [0.15, 0.2) is 6.10 Å². The van der Waals surface area contributed by atoms with Crippen molar-refractivity contribution in [1.29, 1.82) is 0 Å². The molecular weight excluding hydrogens is 232 g/mol. The molecule has 1 aromatic carbocycles. The number of para-hydroxylation sites is 1. The zero-order chi connectivity index (χ0) is 13.0. The van der Waals surface area contributed by atoms with Gasteiger partial charge in [-0.25, -0.2) is 9.48 Å². The first-order valence-electron chi connectivity index (χ1n) is 5.61. The van der Waals surface area contributed by atoms with E-state index in [2.05, 4.69) is 5.10 Å². The lowest BCUT2D eigenvalue weighted by molar-refractivity contribution is -0.149. The van der Waals surface area contributed by atoms with Crippen molar-refractivity contribution in [3.05, 3.63) is 48.3 Å². The second-order valence-corrected chi connectivity index (χ2v) is 3.88. The molecule has 0 aliphatic rings. The molecule has 0 saturated heterocycles. The summed E-state index contributed by atoms with van der Waals surface area (Å²) in [7, 11) is 0. The Hall–Kier alpha value is -2.14. The van der Waals surface area contributed by atoms with Gasteiger partial charge in [0.25, 0.3) is 0 Å². The van der Waals surface area contributed by atoms with Crippen LogP contribution in [0.3, 0.4) is 0 Å². The summed E-state index contributed by atoms with van der Waals surface area (Å²) >= 11 is 0. The van der Waals surface area contributed by atoms with Gasteiger partial charge in [-0.1, -0.05) is 18.2 Å². The van der Waals surface area contributed by atoms with E-state index in [-0.39, 0.29) is 6.61 Å². The maximum atomic E-state index is 10.6. The number of carboxylic acid groups (broad SMARTS) is 1. The van der Waals surface area contributed by atoms with E-state index in [9.17, 15) is 4.79 Å². The lowest BCUT2D eigenvalue weighted by Gasteiger charge is -2.06. The minimum Gasteiger partial charge on any atom is -0.479 e. The van der Waals surface area contributed by atoms with Crippen molar-refractivity contribution in [2.75, 3.05) is 0 Å². The molecule has 1 N–H and O–H groups in total. The van der Waals surface area contributed by atoms with Crippen LogP contribution in [0, 0.1) is 0 Å². The molecular formula is C13H14N2O3. The normalized spacial score (nSPS) is 12.3. The van der Waals surface area contributed by atoms with Gasteiger partial charge >= 0.3 is 5.97 Å². The Labute approximate surface area is 105 Å². The second kappa shape index (κ2) is 5.46. The van der Waals surface area contributed by atoms with E-state index in [1.165, 1.54) is 6.92 Å². The summed E-state index contributed by atoms with van der Waals surface area (Å²) in [6.07, 6.45) is 0.992. The highest BCUT2D eigenvalue weighted by Crippen LogP contribution is 2.08. The molecule has 5 nitrogen and oxygen atoms in total. The number of aliphatic carboxylic acids is 1. The number of aromatic nitrogens is 2. The third-order valence-electron chi connectivity index (χ3n) is 2.49. The fraction of sp³-hybridized carbons (Fsp3) is 0.231. The number of carbonyl (C=O) groups is 1. The van der Waals surface area contributed by atoms with Crippen LogP contribution in [0.2, 0.25) is 0 Å². The van der Waals surface area contributed by atoms with E-state index in [4.69, 9.17) is 9.84 Å². The van der Waals surface area contributed by atoms with E-state index in [0.29, 0.717) is 5.69 Å². The third kappa shape index (κ3) is 2.95. The van der Waals surface area contributed by atoms with E-state index in [0.717, 1.165) is 5.69 Å². The van der Waals surface area contributed by atoms with Crippen LogP contribution in [-0.4, -0.2) is 27.0 Å².